The van der Waals surface area contributed by atoms with Crippen LogP contribution in [0.5, 0.6) is 0 Å². The Kier molecular flexibility index (Phi) is 6.68. The van der Waals surface area contributed by atoms with Crippen molar-refractivity contribution in [3.8, 4) is 6.07 Å². The van der Waals surface area contributed by atoms with Crippen LogP contribution in [-0.4, -0.2) is 41.2 Å². The largest absolute Gasteiger partial charge is 0.480 e. The Morgan fingerprint density at radius 2 is 1.64 bits per heavy atom. The maximum absolute atomic E-state index is 14.3. The zero-order valence-corrected chi connectivity index (χ0v) is 21.6. The Balaban J connectivity index is 1.66. The fourth-order valence-corrected chi connectivity index (χ4v) is 6.74. The van der Waals surface area contributed by atoms with Crippen molar-refractivity contribution >= 4 is 32.5 Å². The van der Waals surface area contributed by atoms with Crippen LogP contribution in [0.2, 0.25) is 0 Å². The number of nitrogens with zero attached hydrogens (tertiary/aromatic N) is 2. The third-order valence-corrected chi connectivity index (χ3v) is 9.34. The zero-order chi connectivity index (χ0) is 27.8. The minimum Gasteiger partial charge on any atom is -0.480 e. The van der Waals surface area contributed by atoms with Gasteiger partial charge in [-0.05, 0) is 51.7 Å². The first-order valence-corrected chi connectivity index (χ1v) is 13.7. The van der Waals surface area contributed by atoms with E-state index in [4.69, 9.17) is 5.73 Å². The minimum atomic E-state index is -4.57. The Labute approximate surface area is 225 Å². The van der Waals surface area contributed by atoms with Crippen molar-refractivity contribution in [2.75, 3.05) is 0 Å². The molecule has 39 heavy (non-hydrogen) atoms. The molecule has 196 valence electrons. The summed E-state index contributed by atoms with van der Waals surface area (Å²) in [5.41, 5.74) is 8.81. The van der Waals surface area contributed by atoms with Crippen LogP contribution in [0.25, 0.3) is 10.8 Å². The maximum atomic E-state index is 14.3. The second kappa shape index (κ2) is 9.98. The van der Waals surface area contributed by atoms with Crippen LogP contribution in [0, 0.1) is 11.3 Å². The van der Waals surface area contributed by atoms with Gasteiger partial charge in [-0.2, -0.15) is 5.26 Å². The molecule has 1 amide bonds. The summed E-state index contributed by atoms with van der Waals surface area (Å²) in [6, 6.07) is 25.7. The number of carbonyl (C=O) groups excluding carboxylic acids is 1. The van der Waals surface area contributed by atoms with Crippen molar-refractivity contribution in [2.24, 2.45) is 5.73 Å². The molecule has 1 unspecified atom stereocenters. The summed E-state index contributed by atoms with van der Waals surface area (Å²) in [6.07, 6.45) is -0.436. The van der Waals surface area contributed by atoms with Gasteiger partial charge >= 0.3 is 5.97 Å². The van der Waals surface area contributed by atoms with E-state index in [0.717, 1.165) is 21.4 Å². The molecule has 0 fully saturated rings. The maximum Gasteiger partial charge on any atom is 0.326 e. The lowest BCUT2D eigenvalue weighted by atomic mass is 9.92. The topological polar surface area (TPSA) is 142 Å². The molecule has 5 rings (SSSR count). The number of amides is 1. The van der Waals surface area contributed by atoms with Gasteiger partial charge in [0.05, 0.1) is 16.5 Å². The molecular weight excluding hydrogens is 514 g/mol. The van der Waals surface area contributed by atoms with Gasteiger partial charge in [-0.1, -0.05) is 66.7 Å². The molecule has 0 saturated carbocycles. The molecule has 4 aromatic carbocycles. The molecule has 1 aliphatic heterocycles. The Hall–Kier alpha value is -4.52. The molecule has 1 heterocycles. The zero-order valence-electron chi connectivity index (χ0n) is 20.8. The Bertz CT molecular complexity index is 1760. The number of carboxylic acid groups (broad SMARTS) is 1. The van der Waals surface area contributed by atoms with E-state index >= 15 is 0 Å². The van der Waals surface area contributed by atoms with Crippen LogP contribution in [0.3, 0.4) is 0 Å². The van der Waals surface area contributed by atoms with Gasteiger partial charge in [0.25, 0.3) is 5.91 Å². The second-order valence-electron chi connectivity index (χ2n) is 9.65. The molecule has 0 aromatic heterocycles. The number of benzene rings is 4. The van der Waals surface area contributed by atoms with Crippen molar-refractivity contribution in [1.29, 1.82) is 5.26 Å². The molecule has 1 aliphatic rings. The average molecular weight is 540 g/mol. The molecular formula is C30H25N3O5S. The molecule has 4 aromatic rings. The van der Waals surface area contributed by atoms with Crippen LogP contribution < -0.4 is 5.73 Å². The number of aliphatic carboxylic acids is 1. The van der Waals surface area contributed by atoms with Crippen LogP contribution in [0.4, 0.5) is 0 Å². The Morgan fingerprint density at radius 1 is 0.949 bits per heavy atom. The highest BCUT2D eigenvalue weighted by Crippen LogP contribution is 2.33. The number of nitriles is 1. The molecule has 0 saturated heterocycles. The van der Waals surface area contributed by atoms with Crippen LogP contribution in [0.15, 0.2) is 95.9 Å². The fourth-order valence-electron chi connectivity index (χ4n) is 5.08. The summed E-state index contributed by atoms with van der Waals surface area (Å²) in [6.45, 7) is -0.101. The normalized spacial score (nSPS) is 16.6. The van der Waals surface area contributed by atoms with Gasteiger partial charge in [-0.15, -0.1) is 0 Å². The highest BCUT2D eigenvalue weighted by Gasteiger charge is 2.52. The number of rotatable bonds is 6. The van der Waals surface area contributed by atoms with Crippen molar-refractivity contribution < 1.29 is 23.1 Å². The van der Waals surface area contributed by atoms with Crippen molar-refractivity contribution in [3.05, 3.63) is 113 Å². The third-order valence-electron chi connectivity index (χ3n) is 7.19. The van der Waals surface area contributed by atoms with Crippen molar-refractivity contribution in [1.82, 2.24) is 4.90 Å². The quantitative estimate of drug-likeness (QED) is 0.382. The first-order chi connectivity index (χ1) is 18.6. The number of carbonyl (C=O) groups is 2. The van der Waals surface area contributed by atoms with Crippen LogP contribution in [-0.2, 0) is 38.8 Å². The molecule has 0 bridgehead atoms. The van der Waals surface area contributed by atoms with Gasteiger partial charge < -0.3 is 15.7 Å². The molecule has 2 atom stereocenters. The second-order valence-corrected chi connectivity index (χ2v) is 11.9. The standard InChI is InChI=1S/C30H25N3O5S/c31-18-21-7-5-6-20(14-21)17-30(32,39(37,38)26-13-12-22-8-1-2-9-23(22)15-26)29(36)33-19-25-11-4-3-10-24(25)16-27(33)28(34)35/h1-15,27H,16-17,19,32H2,(H,34,35)/t27?,30-/m1/s1. The lowest BCUT2D eigenvalue weighted by Crippen LogP contribution is -2.64. The summed E-state index contributed by atoms with van der Waals surface area (Å²) in [5, 5.41) is 20.8. The van der Waals surface area contributed by atoms with E-state index < -0.39 is 39.0 Å². The number of carboxylic acids is 1. The van der Waals surface area contributed by atoms with E-state index in [2.05, 4.69) is 0 Å². The fraction of sp³-hybridized carbons (Fsp3) is 0.167. The summed E-state index contributed by atoms with van der Waals surface area (Å²) in [5.74, 6) is -2.27. The number of hydrogen-bond acceptors (Lipinski definition) is 6. The van der Waals surface area contributed by atoms with Crippen LogP contribution in [0.1, 0.15) is 22.3 Å². The van der Waals surface area contributed by atoms with E-state index in [1.165, 1.54) is 18.2 Å². The van der Waals surface area contributed by atoms with Gasteiger partial charge in [-0.25, -0.2) is 13.2 Å². The summed E-state index contributed by atoms with van der Waals surface area (Å²) >= 11 is 0. The number of hydrogen-bond donors (Lipinski definition) is 2. The molecule has 0 radical (unpaired) electrons. The summed E-state index contributed by atoms with van der Waals surface area (Å²) < 4.78 is 28.6. The van der Waals surface area contributed by atoms with Crippen LogP contribution >= 0.6 is 0 Å². The van der Waals surface area contributed by atoms with E-state index in [9.17, 15) is 28.4 Å². The van der Waals surface area contributed by atoms with Gasteiger partial charge in [0.1, 0.15) is 6.04 Å². The van der Waals surface area contributed by atoms with E-state index in [0.29, 0.717) is 10.9 Å². The van der Waals surface area contributed by atoms with Crippen molar-refractivity contribution in [2.45, 2.75) is 35.2 Å². The monoisotopic (exact) mass is 539 g/mol. The van der Waals surface area contributed by atoms with Gasteiger partial charge in [0, 0.05) is 19.4 Å². The highest BCUT2D eigenvalue weighted by atomic mass is 32.2. The predicted octanol–water partition coefficient (Wildman–Crippen LogP) is 3.42. The van der Waals surface area contributed by atoms with E-state index in [1.54, 1.807) is 60.7 Å². The number of nitrogens with two attached hydrogens (primary N) is 1. The lowest BCUT2D eigenvalue weighted by Gasteiger charge is -2.40. The molecule has 9 heteroatoms. The first-order valence-electron chi connectivity index (χ1n) is 12.3. The molecule has 8 nitrogen and oxygen atoms in total. The van der Waals surface area contributed by atoms with E-state index in [-0.39, 0.29) is 23.4 Å². The van der Waals surface area contributed by atoms with Gasteiger partial charge in [0.2, 0.25) is 14.7 Å². The Morgan fingerprint density at radius 3 is 2.36 bits per heavy atom. The average Bonchev–Trinajstić information content (AvgIpc) is 2.95. The summed E-state index contributed by atoms with van der Waals surface area (Å²) in [4.78, 5) is 24.9. The smallest absolute Gasteiger partial charge is 0.326 e. The SMILES string of the molecule is N#Cc1cccc(C[C@](N)(C(=O)N2Cc3ccccc3CC2C(=O)O)S(=O)(=O)c2ccc3ccccc3c2)c1. The molecule has 0 aliphatic carbocycles. The molecule has 3 N–H and O–H groups in total. The van der Waals surface area contributed by atoms with E-state index in [1.807, 2.05) is 18.2 Å². The van der Waals surface area contributed by atoms with Crippen molar-refractivity contribution in [3.63, 3.8) is 0 Å². The predicted molar refractivity (Wildman–Crippen MR) is 145 cm³/mol. The number of sulfone groups is 1. The third kappa shape index (κ3) is 4.65. The molecule has 0 spiro atoms. The summed E-state index contributed by atoms with van der Waals surface area (Å²) in [7, 11) is -4.57. The minimum absolute atomic E-state index is 0.0211. The first kappa shape index (κ1) is 26.1. The number of fused-ring (bicyclic) bond motifs is 2. The van der Waals surface area contributed by atoms with Gasteiger partial charge in [-0.3, -0.25) is 4.79 Å². The lowest BCUT2D eigenvalue weighted by molar-refractivity contribution is -0.152. The van der Waals surface area contributed by atoms with Gasteiger partial charge in [0.15, 0.2) is 0 Å². The highest BCUT2D eigenvalue weighted by molar-refractivity contribution is 7.93.